The van der Waals surface area contributed by atoms with E-state index in [1.54, 1.807) is 0 Å². The quantitative estimate of drug-likeness (QED) is 0.909. The second-order valence-electron chi connectivity index (χ2n) is 3.47. The summed E-state index contributed by atoms with van der Waals surface area (Å²) in [7, 11) is 1.92. The molecular formula is C11H15BrClNO2. The van der Waals surface area contributed by atoms with Gasteiger partial charge in [-0.05, 0) is 18.7 Å². The molecule has 0 fully saturated rings. The molecule has 1 N–H and O–H groups in total. The first kappa shape index (κ1) is 15.4. The summed E-state index contributed by atoms with van der Waals surface area (Å²) in [6.45, 7) is 1.32. The molecule has 0 radical (unpaired) electrons. The Bertz CT molecular complexity index is 347. The van der Waals surface area contributed by atoms with Crippen LogP contribution in [0.15, 0.2) is 28.7 Å². The van der Waals surface area contributed by atoms with Crippen molar-refractivity contribution in [1.82, 2.24) is 4.90 Å². The van der Waals surface area contributed by atoms with Crippen LogP contribution in [0.4, 0.5) is 0 Å². The van der Waals surface area contributed by atoms with E-state index in [2.05, 4.69) is 15.9 Å². The number of aliphatic carboxylic acids is 1. The second kappa shape index (κ2) is 7.65. The largest absolute Gasteiger partial charge is 0.481 e. The summed E-state index contributed by atoms with van der Waals surface area (Å²) in [6, 6.07) is 7.96. The molecule has 90 valence electrons. The van der Waals surface area contributed by atoms with Crippen LogP contribution in [0.25, 0.3) is 0 Å². The monoisotopic (exact) mass is 307 g/mol. The van der Waals surface area contributed by atoms with E-state index in [0.29, 0.717) is 6.54 Å². The van der Waals surface area contributed by atoms with Crippen LogP contribution >= 0.6 is 28.3 Å². The first-order valence-electron chi connectivity index (χ1n) is 4.73. The topological polar surface area (TPSA) is 40.5 Å². The standard InChI is InChI=1S/C11H14BrNO2.ClH/c1-13(7-6-11(14)15)8-9-4-2-3-5-10(9)12;/h2-5H,6-8H2,1H3,(H,14,15);1H. The fraction of sp³-hybridized carbons (Fsp3) is 0.364. The Balaban J connectivity index is 0.00000225. The molecule has 0 amide bonds. The van der Waals surface area contributed by atoms with E-state index in [-0.39, 0.29) is 18.8 Å². The third kappa shape index (κ3) is 5.49. The SMILES string of the molecule is CN(CCC(=O)O)Cc1ccccc1Br.Cl. The van der Waals surface area contributed by atoms with Crippen molar-refractivity contribution in [3.8, 4) is 0 Å². The number of nitrogens with zero attached hydrogens (tertiary/aromatic N) is 1. The molecule has 0 aliphatic carbocycles. The van der Waals surface area contributed by atoms with E-state index >= 15 is 0 Å². The van der Waals surface area contributed by atoms with Crippen LogP contribution in [-0.2, 0) is 11.3 Å². The van der Waals surface area contributed by atoms with Gasteiger partial charge in [-0.3, -0.25) is 4.79 Å². The molecule has 0 spiro atoms. The maximum atomic E-state index is 10.4. The van der Waals surface area contributed by atoms with Gasteiger partial charge in [-0.25, -0.2) is 0 Å². The van der Waals surface area contributed by atoms with Crippen molar-refractivity contribution in [2.45, 2.75) is 13.0 Å². The normalized spacial score (nSPS) is 9.94. The van der Waals surface area contributed by atoms with Gasteiger partial charge in [0.25, 0.3) is 0 Å². The molecular weight excluding hydrogens is 293 g/mol. The molecule has 0 saturated carbocycles. The molecule has 16 heavy (non-hydrogen) atoms. The minimum atomic E-state index is -0.756. The molecule has 1 rings (SSSR count). The Morgan fingerprint density at radius 1 is 1.44 bits per heavy atom. The summed E-state index contributed by atoms with van der Waals surface area (Å²) in [5.74, 6) is -0.756. The lowest BCUT2D eigenvalue weighted by Crippen LogP contribution is -2.21. The van der Waals surface area contributed by atoms with Gasteiger partial charge < -0.3 is 10.0 Å². The number of halogens is 2. The highest BCUT2D eigenvalue weighted by Crippen LogP contribution is 2.17. The van der Waals surface area contributed by atoms with Crippen molar-refractivity contribution >= 4 is 34.3 Å². The van der Waals surface area contributed by atoms with E-state index in [1.807, 2.05) is 36.2 Å². The Hall–Kier alpha value is -0.580. The third-order valence-corrected chi connectivity index (χ3v) is 2.88. The second-order valence-corrected chi connectivity index (χ2v) is 4.33. The lowest BCUT2D eigenvalue weighted by atomic mass is 10.2. The van der Waals surface area contributed by atoms with Gasteiger partial charge in [-0.15, -0.1) is 12.4 Å². The molecule has 1 aromatic carbocycles. The maximum absolute atomic E-state index is 10.4. The Labute approximate surface area is 110 Å². The van der Waals surface area contributed by atoms with Gasteiger partial charge in [0.1, 0.15) is 0 Å². The van der Waals surface area contributed by atoms with Gasteiger partial charge in [0.15, 0.2) is 0 Å². The van der Waals surface area contributed by atoms with Gasteiger partial charge in [0, 0.05) is 17.6 Å². The van der Waals surface area contributed by atoms with Crippen molar-refractivity contribution in [1.29, 1.82) is 0 Å². The smallest absolute Gasteiger partial charge is 0.304 e. The zero-order valence-corrected chi connectivity index (χ0v) is 11.4. The van der Waals surface area contributed by atoms with Crippen molar-refractivity contribution in [3.05, 3.63) is 34.3 Å². The van der Waals surface area contributed by atoms with Crippen LogP contribution in [0, 0.1) is 0 Å². The molecule has 0 atom stereocenters. The molecule has 5 heteroatoms. The van der Waals surface area contributed by atoms with Gasteiger partial charge >= 0.3 is 5.97 Å². The Morgan fingerprint density at radius 3 is 2.62 bits per heavy atom. The number of hydrogen-bond acceptors (Lipinski definition) is 2. The summed E-state index contributed by atoms with van der Waals surface area (Å²) in [6.07, 6.45) is 0.182. The summed E-state index contributed by atoms with van der Waals surface area (Å²) in [5, 5.41) is 8.55. The van der Waals surface area contributed by atoms with E-state index in [1.165, 1.54) is 5.56 Å². The lowest BCUT2D eigenvalue weighted by Gasteiger charge is -2.16. The number of benzene rings is 1. The molecule has 0 aliphatic heterocycles. The summed E-state index contributed by atoms with van der Waals surface area (Å²) in [4.78, 5) is 12.4. The molecule has 0 aliphatic rings. The lowest BCUT2D eigenvalue weighted by molar-refractivity contribution is -0.137. The highest BCUT2D eigenvalue weighted by Gasteiger charge is 2.05. The molecule has 0 aromatic heterocycles. The fourth-order valence-corrected chi connectivity index (χ4v) is 1.69. The zero-order chi connectivity index (χ0) is 11.3. The van der Waals surface area contributed by atoms with Crippen molar-refractivity contribution in [2.75, 3.05) is 13.6 Å². The van der Waals surface area contributed by atoms with Crippen molar-refractivity contribution in [2.24, 2.45) is 0 Å². The zero-order valence-electron chi connectivity index (χ0n) is 9.02. The van der Waals surface area contributed by atoms with Crippen LogP contribution in [0.2, 0.25) is 0 Å². The predicted molar refractivity (Wildman–Crippen MR) is 70.0 cm³/mol. The van der Waals surface area contributed by atoms with Crippen LogP contribution in [0.5, 0.6) is 0 Å². The first-order chi connectivity index (χ1) is 7.09. The molecule has 0 bridgehead atoms. The van der Waals surface area contributed by atoms with Crippen LogP contribution in [-0.4, -0.2) is 29.6 Å². The minimum Gasteiger partial charge on any atom is -0.481 e. The van der Waals surface area contributed by atoms with Gasteiger partial charge in [0.2, 0.25) is 0 Å². The van der Waals surface area contributed by atoms with Gasteiger partial charge in [-0.2, -0.15) is 0 Å². The van der Waals surface area contributed by atoms with Crippen LogP contribution in [0.3, 0.4) is 0 Å². The van der Waals surface area contributed by atoms with Gasteiger partial charge in [0.05, 0.1) is 6.42 Å². The van der Waals surface area contributed by atoms with E-state index in [4.69, 9.17) is 5.11 Å². The fourth-order valence-electron chi connectivity index (χ4n) is 1.28. The Morgan fingerprint density at radius 2 is 2.06 bits per heavy atom. The van der Waals surface area contributed by atoms with E-state index in [0.717, 1.165) is 11.0 Å². The predicted octanol–water partition coefficient (Wildman–Crippen LogP) is 2.78. The molecule has 0 unspecified atom stereocenters. The van der Waals surface area contributed by atoms with E-state index < -0.39 is 5.97 Å². The maximum Gasteiger partial charge on any atom is 0.304 e. The van der Waals surface area contributed by atoms with Crippen LogP contribution < -0.4 is 0 Å². The summed E-state index contributed by atoms with van der Waals surface area (Å²) >= 11 is 3.46. The van der Waals surface area contributed by atoms with E-state index in [9.17, 15) is 4.79 Å². The highest BCUT2D eigenvalue weighted by atomic mass is 79.9. The number of hydrogen-bond donors (Lipinski definition) is 1. The highest BCUT2D eigenvalue weighted by molar-refractivity contribution is 9.10. The number of rotatable bonds is 5. The number of carboxylic acid groups (broad SMARTS) is 1. The summed E-state index contributed by atoms with van der Waals surface area (Å²) < 4.78 is 1.06. The summed E-state index contributed by atoms with van der Waals surface area (Å²) in [5.41, 5.74) is 1.17. The first-order valence-corrected chi connectivity index (χ1v) is 5.52. The molecule has 1 aromatic rings. The van der Waals surface area contributed by atoms with Crippen molar-refractivity contribution in [3.63, 3.8) is 0 Å². The Kier molecular flexibility index (Phi) is 7.38. The minimum absolute atomic E-state index is 0. The third-order valence-electron chi connectivity index (χ3n) is 2.11. The van der Waals surface area contributed by atoms with Crippen LogP contribution in [0.1, 0.15) is 12.0 Å². The average Bonchev–Trinajstić information content (AvgIpc) is 2.18. The van der Waals surface area contributed by atoms with Gasteiger partial charge in [-0.1, -0.05) is 34.1 Å². The number of carboxylic acids is 1. The molecule has 0 heterocycles. The number of carbonyl (C=O) groups is 1. The molecule has 0 saturated heterocycles. The molecule has 3 nitrogen and oxygen atoms in total. The van der Waals surface area contributed by atoms with Crippen molar-refractivity contribution < 1.29 is 9.90 Å². The average molecular weight is 309 g/mol.